The second-order valence-electron chi connectivity index (χ2n) is 7.40. The first-order chi connectivity index (χ1) is 13.2. The molecule has 0 N–H and O–H groups in total. The molecule has 0 bridgehead atoms. The molecule has 2 rings (SSSR count). The van der Waals surface area contributed by atoms with Gasteiger partial charge < -0.3 is 9.64 Å². The van der Waals surface area contributed by atoms with Gasteiger partial charge in [-0.05, 0) is 47.1 Å². The Hall–Kier alpha value is -2.70. The monoisotopic (exact) mass is 387 g/mol. The second kappa shape index (κ2) is 8.99. The van der Waals surface area contributed by atoms with Crippen LogP contribution in [0.4, 0.5) is 0 Å². The molecule has 1 heterocycles. The molecule has 7 heteroatoms. The third-order valence-corrected chi connectivity index (χ3v) is 4.50. The van der Waals surface area contributed by atoms with E-state index in [4.69, 9.17) is 4.74 Å². The minimum atomic E-state index is -0.954. The van der Waals surface area contributed by atoms with Crippen LogP contribution >= 0.6 is 0 Å². The van der Waals surface area contributed by atoms with E-state index >= 15 is 0 Å². The predicted molar refractivity (Wildman–Crippen MR) is 108 cm³/mol. The third-order valence-electron chi connectivity index (χ3n) is 4.50. The SMILES string of the molecule is CCCn1nc(C(=O)OC(C)C(=O)N(C(C)C)C(C)C)c2ccccc2c1=O. The first-order valence-electron chi connectivity index (χ1n) is 9.72. The minimum absolute atomic E-state index is 0.0148. The molecule has 1 aromatic carbocycles. The van der Waals surface area contributed by atoms with Gasteiger partial charge in [-0.3, -0.25) is 9.59 Å². The lowest BCUT2D eigenvalue weighted by Gasteiger charge is -2.32. The van der Waals surface area contributed by atoms with E-state index in [2.05, 4.69) is 5.10 Å². The second-order valence-corrected chi connectivity index (χ2v) is 7.40. The summed E-state index contributed by atoms with van der Waals surface area (Å²) >= 11 is 0. The first kappa shape index (κ1) is 21.6. The molecule has 1 aromatic heterocycles. The number of hydrogen-bond donors (Lipinski definition) is 0. The number of amides is 1. The maximum Gasteiger partial charge on any atom is 0.360 e. The van der Waals surface area contributed by atoms with Gasteiger partial charge in [-0.25, -0.2) is 9.48 Å². The van der Waals surface area contributed by atoms with Crippen LogP contribution < -0.4 is 5.56 Å². The summed E-state index contributed by atoms with van der Waals surface area (Å²) in [6.07, 6.45) is -0.253. The highest BCUT2D eigenvalue weighted by Gasteiger charge is 2.29. The number of rotatable bonds is 7. The highest BCUT2D eigenvalue weighted by Crippen LogP contribution is 2.16. The van der Waals surface area contributed by atoms with Gasteiger partial charge in [0.1, 0.15) is 0 Å². The molecule has 7 nitrogen and oxygen atoms in total. The van der Waals surface area contributed by atoms with Gasteiger partial charge in [0.15, 0.2) is 11.8 Å². The molecule has 0 saturated heterocycles. The van der Waals surface area contributed by atoms with Crippen LogP contribution in [-0.4, -0.2) is 44.7 Å². The number of benzene rings is 1. The highest BCUT2D eigenvalue weighted by molar-refractivity contribution is 6.02. The van der Waals surface area contributed by atoms with Gasteiger partial charge in [0.25, 0.3) is 11.5 Å². The van der Waals surface area contributed by atoms with E-state index < -0.39 is 12.1 Å². The van der Waals surface area contributed by atoms with E-state index in [1.54, 1.807) is 36.1 Å². The van der Waals surface area contributed by atoms with E-state index in [9.17, 15) is 14.4 Å². The average Bonchev–Trinajstić information content (AvgIpc) is 2.63. The molecule has 0 saturated carbocycles. The zero-order valence-corrected chi connectivity index (χ0v) is 17.4. The molecule has 1 amide bonds. The van der Waals surface area contributed by atoms with E-state index in [0.29, 0.717) is 23.7 Å². The van der Waals surface area contributed by atoms with Crippen LogP contribution in [0.15, 0.2) is 29.1 Å². The highest BCUT2D eigenvalue weighted by atomic mass is 16.5. The molecule has 1 unspecified atom stereocenters. The van der Waals surface area contributed by atoms with Gasteiger partial charge in [0.05, 0.1) is 5.39 Å². The summed E-state index contributed by atoms with van der Waals surface area (Å²) in [6.45, 7) is 11.6. The predicted octanol–water partition coefficient (Wildman–Crippen LogP) is 3.00. The fraction of sp³-hybridized carbons (Fsp3) is 0.524. The van der Waals surface area contributed by atoms with Crippen molar-refractivity contribution in [1.29, 1.82) is 0 Å². The molecule has 2 aromatic rings. The Morgan fingerprint density at radius 2 is 1.64 bits per heavy atom. The van der Waals surface area contributed by atoms with Crippen molar-refractivity contribution in [2.24, 2.45) is 0 Å². The van der Waals surface area contributed by atoms with Crippen LogP contribution in [0.2, 0.25) is 0 Å². The molecule has 0 aliphatic carbocycles. The number of esters is 1. The Balaban J connectivity index is 2.38. The lowest BCUT2D eigenvalue weighted by atomic mass is 10.1. The van der Waals surface area contributed by atoms with Gasteiger partial charge in [-0.15, -0.1) is 0 Å². The number of aromatic nitrogens is 2. The van der Waals surface area contributed by atoms with Crippen molar-refractivity contribution < 1.29 is 14.3 Å². The maximum atomic E-state index is 12.8. The Labute approximate surface area is 165 Å². The van der Waals surface area contributed by atoms with E-state index in [1.165, 1.54) is 4.68 Å². The van der Waals surface area contributed by atoms with Crippen LogP contribution in [0.25, 0.3) is 10.8 Å². The van der Waals surface area contributed by atoms with Crippen molar-refractivity contribution in [3.8, 4) is 0 Å². The average molecular weight is 387 g/mol. The Morgan fingerprint density at radius 1 is 1.07 bits per heavy atom. The number of hydrogen-bond acceptors (Lipinski definition) is 5. The number of nitrogens with zero attached hydrogens (tertiary/aromatic N) is 3. The first-order valence-corrected chi connectivity index (χ1v) is 9.72. The fourth-order valence-electron chi connectivity index (χ4n) is 3.33. The molecule has 0 radical (unpaired) electrons. The lowest BCUT2D eigenvalue weighted by Crippen LogP contribution is -2.47. The number of carbonyl (C=O) groups is 2. The smallest absolute Gasteiger partial charge is 0.360 e. The largest absolute Gasteiger partial charge is 0.448 e. The Bertz CT molecular complexity index is 909. The molecule has 0 aliphatic heterocycles. The third kappa shape index (κ3) is 4.40. The molecular formula is C21H29N3O4. The molecule has 0 aliphatic rings. The van der Waals surface area contributed by atoms with Crippen molar-refractivity contribution in [2.75, 3.05) is 0 Å². The molecule has 28 heavy (non-hydrogen) atoms. The summed E-state index contributed by atoms with van der Waals surface area (Å²) in [5.74, 6) is -0.973. The Kier molecular flexibility index (Phi) is 6.94. The fourth-order valence-corrected chi connectivity index (χ4v) is 3.33. The van der Waals surface area contributed by atoms with Crippen molar-refractivity contribution in [2.45, 2.75) is 72.7 Å². The van der Waals surface area contributed by atoms with Crippen LogP contribution in [-0.2, 0) is 16.1 Å². The van der Waals surface area contributed by atoms with Crippen molar-refractivity contribution >= 4 is 22.6 Å². The van der Waals surface area contributed by atoms with Gasteiger partial charge >= 0.3 is 5.97 Å². The zero-order chi connectivity index (χ0) is 21.0. The van der Waals surface area contributed by atoms with Gasteiger partial charge in [0.2, 0.25) is 0 Å². The normalized spacial score (nSPS) is 12.4. The molecule has 1 atom stereocenters. The van der Waals surface area contributed by atoms with Crippen LogP contribution in [0.3, 0.4) is 0 Å². The maximum absolute atomic E-state index is 12.8. The van der Waals surface area contributed by atoms with Crippen molar-refractivity contribution in [1.82, 2.24) is 14.7 Å². The molecular weight excluding hydrogens is 358 g/mol. The summed E-state index contributed by atoms with van der Waals surface area (Å²) < 4.78 is 6.73. The zero-order valence-electron chi connectivity index (χ0n) is 17.4. The van der Waals surface area contributed by atoms with Gasteiger partial charge in [0, 0.05) is 24.0 Å². The van der Waals surface area contributed by atoms with Gasteiger partial charge in [-0.1, -0.05) is 25.1 Å². The summed E-state index contributed by atoms with van der Waals surface area (Å²) in [4.78, 5) is 39.8. The summed E-state index contributed by atoms with van der Waals surface area (Å²) in [6, 6.07) is 6.77. The number of aryl methyl sites for hydroxylation is 1. The van der Waals surface area contributed by atoms with Crippen LogP contribution in [0.1, 0.15) is 58.5 Å². The Morgan fingerprint density at radius 3 is 2.18 bits per heavy atom. The minimum Gasteiger partial charge on any atom is -0.448 e. The molecule has 0 spiro atoms. The van der Waals surface area contributed by atoms with Crippen LogP contribution in [0, 0.1) is 0 Å². The standard InChI is InChI=1S/C21H29N3O4/c1-7-12-23-20(26)17-11-9-8-10-16(17)18(22-23)21(27)28-15(6)19(25)24(13(2)3)14(4)5/h8-11,13-15H,7,12H2,1-6H3. The van der Waals surface area contributed by atoms with Crippen LogP contribution in [0.5, 0.6) is 0 Å². The topological polar surface area (TPSA) is 81.5 Å². The lowest BCUT2D eigenvalue weighted by molar-refractivity contribution is -0.143. The number of carbonyl (C=O) groups excluding carboxylic acids is 2. The summed E-state index contributed by atoms with van der Waals surface area (Å²) in [7, 11) is 0. The van der Waals surface area contributed by atoms with E-state index in [-0.39, 0.29) is 29.2 Å². The van der Waals surface area contributed by atoms with Crippen molar-refractivity contribution in [3.63, 3.8) is 0 Å². The van der Waals surface area contributed by atoms with E-state index in [1.807, 2.05) is 34.6 Å². The van der Waals surface area contributed by atoms with Gasteiger partial charge in [-0.2, -0.15) is 5.10 Å². The quantitative estimate of drug-likeness (QED) is 0.682. The molecule has 0 fully saturated rings. The van der Waals surface area contributed by atoms with Crippen molar-refractivity contribution in [3.05, 3.63) is 40.3 Å². The van der Waals surface area contributed by atoms with E-state index in [0.717, 1.165) is 0 Å². The summed E-state index contributed by atoms with van der Waals surface area (Å²) in [5.41, 5.74) is -0.201. The summed E-state index contributed by atoms with van der Waals surface area (Å²) in [5, 5.41) is 5.05. The number of ether oxygens (including phenoxy) is 1. The number of fused-ring (bicyclic) bond motifs is 1. The molecule has 152 valence electrons.